The normalized spacial score (nSPS) is 16.9. The molecule has 1 fully saturated rings. The summed E-state index contributed by atoms with van der Waals surface area (Å²) in [4.78, 5) is 31.5. The van der Waals surface area contributed by atoms with E-state index in [1.165, 1.54) is 0 Å². The number of nitrogens with zero attached hydrogens (tertiary/aromatic N) is 3. The Morgan fingerprint density at radius 2 is 1.48 bits per heavy atom. The van der Waals surface area contributed by atoms with E-state index < -0.39 is 11.5 Å². The molecule has 166 valence electrons. The van der Waals surface area contributed by atoms with Gasteiger partial charge in [-0.25, -0.2) is 4.79 Å². The fourth-order valence-corrected chi connectivity index (χ4v) is 4.30. The number of anilines is 1. The molecular weight excluding hydrogens is 390 g/mol. The minimum atomic E-state index is -0.947. The zero-order chi connectivity index (χ0) is 22.6. The van der Waals surface area contributed by atoms with Gasteiger partial charge in [-0.15, -0.1) is 0 Å². The number of carbonyl (C=O) groups is 2. The van der Waals surface area contributed by atoms with E-state index in [1.54, 1.807) is 24.3 Å². The second-order valence-electron chi connectivity index (χ2n) is 8.62. The van der Waals surface area contributed by atoms with Crippen LogP contribution in [-0.2, 0) is 6.42 Å². The number of benzene rings is 2. The average Bonchev–Trinajstić information content (AvgIpc) is 2.78. The second-order valence-corrected chi connectivity index (χ2v) is 8.62. The molecule has 0 aromatic heterocycles. The molecule has 0 bridgehead atoms. The lowest BCUT2D eigenvalue weighted by atomic mass is 9.80. The maximum absolute atomic E-state index is 13.7. The van der Waals surface area contributed by atoms with Crippen molar-refractivity contribution < 1.29 is 14.7 Å². The number of likely N-dealkylation sites (N-methyl/N-ethyl adjacent to an activating group) is 2. The van der Waals surface area contributed by atoms with E-state index in [4.69, 9.17) is 5.11 Å². The van der Waals surface area contributed by atoms with Crippen LogP contribution in [0.3, 0.4) is 0 Å². The fourth-order valence-electron chi connectivity index (χ4n) is 4.30. The molecule has 1 aliphatic heterocycles. The molecule has 1 N–H and O–H groups in total. The Kier molecular flexibility index (Phi) is 7.13. The van der Waals surface area contributed by atoms with Crippen molar-refractivity contribution in [1.29, 1.82) is 0 Å². The van der Waals surface area contributed by atoms with Gasteiger partial charge in [0, 0.05) is 37.4 Å². The average molecular weight is 424 g/mol. The number of aromatic carboxylic acids is 1. The zero-order valence-corrected chi connectivity index (χ0v) is 19.0. The largest absolute Gasteiger partial charge is 0.478 e. The molecule has 1 saturated heterocycles. The van der Waals surface area contributed by atoms with Crippen molar-refractivity contribution in [1.82, 2.24) is 9.80 Å². The third-order valence-electron chi connectivity index (χ3n) is 6.56. The van der Waals surface area contributed by atoms with Crippen LogP contribution in [0.15, 0.2) is 48.5 Å². The van der Waals surface area contributed by atoms with Crippen LogP contribution in [0, 0.1) is 0 Å². The highest BCUT2D eigenvalue weighted by Crippen LogP contribution is 2.29. The first kappa shape index (κ1) is 23.0. The number of ketones is 1. The van der Waals surface area contributed by atoms with Crippen molar-refractivity contribution in [2.75, 3.05) is 52.2 Å². The van der Waals surface area contributed by atoms with Crippen LogP contribution in [0.4, 0.5) is 5.69 Å². The van der Waals surface area contributed by atoms with Gasteiger partial charge >= 0.3 is 5.97 Å². The molecule has 1 heterocycles. The molecule has 1 aliphatic rings. The number of hydrogen-bond acceptors (Lipinski definition) is 5. The summed E-state index contributed by atoms with van der Waals surface area (Å²) in [5.41, 5.74) is 2.36. The maximum atomic E-state index is 13.7. The van der Waals surface area contributed by atoms with E-state index in [0.717, 1.165) is 37.4 Å². The van der Waals surface area contributed by atoms with E-state index in [9.17, 15) is 9.59 Å². The Bertz CT molecular complexity index is 901. The monoisotopic (exact) mass is 423 g/mol. The molecule has 0 spiro atoms. The van der Waals surface area contributed by atoms with Crippen LogP contribution in [0.1, 0.15) is 39.6 Å². The number of piperazine rings is 1. The van der Waals surface area contributed by atoms with Gasteiger partial charge in [-0.05, 0) is 75.9 Å². The minimum absolute atomic E-state index is 0.0900. The lowest BCUT2D eigenvalue weighted by Gasteiger charge is -2.38. The highest BCUT2D eigenvalue weighted by molar-refractivity contribution is 6.03. The van der Waals surface area contributed by atoms with E-state index in [1.807, 2.05) is 38.1 Å². The Morgan fingerprint density at radius 1 is 0.935 bits per heavy atom. The summed E-state index contributed by atoms with van der Waals surface area (Å²) in [6.07, 6.45) is 1.18. The molecule has 0 amide bonds. The van der Waals surface area contributed by atoms with Gasteiger partial charge in [-0.2, -0.15) is 0 Å². The molecule has 2 aromatic rings. The van der Waals surface area contributed by atoms with Crippen molar-refractivity contribution in [3.63, 3.8) is 0 Å². The van der Waals surface area contributed by atoms with Crippen molar-refractivity contribution >= 4 is 17.4 Å². The summed E-state index contributed by atoms with van der Waals surface area (Å²) in [6.45, 7) is 6.10. The standard InChI is InChI=1S/C25H33N3O3/c1-5-25(26(2)3,18-19-6-8-21(9-7-19)24(30)31)23(29)20-10-12-22(13-11-20)28-16-14-27(4)15-17-28/h6-13H,5,14-18H2,1-4H3,(H,30,31). The number of rotatable bonds is 8. The van der Waals surface area contributed by atoms with Gasteiger partial charge in [0.2, 0.25) is 0 Å². The second kappa shape index (κ2) is 9.62. The van der Waals surface area contributed by atoms with Gasteiger partial charge in [-0.3, -0.25) is 9.69 Å². The summed E-state index contributed by atoms with van der Waals surface area (Å²) in [5, 5.41) is 9.14. The zero-order valence-electron chi connectivity index (χ0n) is 19.0. The summed E-state index contributed by atoms with van der Waals surface area (Å²) < 4.78 is 0. The van der Waals surface area contributed by atoms with Crippen LogP contribution in [0.25, 0.3) is 0 Å². The predicted molar refractivity (Wildman–Crippen MR) is 124 cm³/mol. The van der Waals surface area contributed by atoms with Crippen LogP contribution in [-0.4, -0.2) is 79.5 Å². The smallest absolute Gasteiger partial charge is 0.335 e. The van der Waals surface area contributed by atoms with E-state index >= 15 is 0 Å². The number of carbonyl (C=O) groups excluding carboxylic acids is 1. The van der Waals surface area contributed by atoms with E-state index in [0.29, 0.717) is 18.4 Å². The van der Waals surface area contributed by atoms with Crippen LogP contribution < -0.4 is 4.90 Å². The number of hydrogen-bond donors (Lipinski definition) is 1. The summed E-state index contributed by atoms with van der Waals surface area (Å²) in [5.74, 6) is -0.857. The van der Waals surface area contributed by atoms with Gasteiger partial charge in [0.1, 0.15) is 0 Å². The molecule has 1 unspecified atom stereocenters. The maximum Gasteiger partial charge on any atom is 0.335 e. The first-order chi connectivity index (χ1) is 14.8. The van der Waals surface area contributed by atoms with Gasteiger partial charge in [0.05, 0.1) is 11.1 Å². The molecule has 6 nitrogen and oxygen atoms in total. The predicted octanol–water partition coefficient (Wildman–Crippen LogP) is 3.27. The fraction of sp³-hybridized carbons (Fsp3) is 0.440. The molecule has 0 radical (unpaired) electrons. The lowest BCUT2D eigenvalue weighted by molar-refractivity contribution is 0.0663. The van der Waals surface area contributed by atoms with E-state index in [-0.39, 0.29) is 11.3 Å². The number of carboxylic acids is 1. The van der Waals surface area contributed by atoms with Gasteiger partial charge < -0.3 is 14.9 Å². The lowest BCUT2D eigenvalue weighted by Crippen LogP contribution is -2.52. The van der Waals surface area contributed by atoms with Crippen molar-refractivity contribution in [3.05, 3.63) is 65.2 Å². The quantitative estimate of drug-likeness (QED) is 0.658. The third kappa shape index (κ3) is 4.97. The van der Waals surface area contributed by atoms with Crippen LogP contribution in [0.5, 0.6) is 0 Å². The summed E-state index contributed by atoms with van der Waals surface area (Å²) in [7, 11) is 6.01. The summed E-state index contributed by atoms with van der Waals surface area (Å²) in [6, 6.07) is 14.8. The van der Waals surface area contributed by atoms with E-state index in [2.05, 4.69) is 29.0 Å². The number of carboxylic acid groups (broad SMARTS) is 1. The van der Waals surface area contributed by atoms with Crippen molar-refractivity contribution in [2.45, 2.75) is 25.3 Å². The first-order valence-electron chi connectivity index (χ1n) is 10.8. The molecule has 6 heteroatoms. The van der Waals surface area contributed by atoms with Crippen LogP contribution >= 0.6 is 0 Å². The van der Waals surface area contributed by atoms with Crippen molar-refractivity contribution in [3.8, 4) is 0 Å². The molecule has 31 heavy (non-hydrogen) atoms. The molecular formula is C25H33N3O3. The molecule has 0 saturated carbocycles. The highest BCUT2D eigenvalue weighted by atomic mass is 16.4. The Balaban J connectivity index is 1.82. The Hall–Kier alpha value is -2.70. The molecule has 1 atom stereocenters. The van der Waals surface area contributed by atoms with Gasteiger partial charge in [0.15, 0.2) is 5.78 Å². The summed E-state index contributed by atoms with van der Waals surface area (Å²) >= 11 is 0. The first-order valence-corrected chi connectivity index (χ1v) is 10.8. The van der Waals surface area contributed by atoms with Gasteiger partial charge in [-0.1, -0.05) is 19.1 Å². The Labute approximate surface area is 185 Å². The molecule has 2 aromatic carbocycles. The highest BCUT2D eigenvalue weighted by Gasteiger charge is 2.39. The topological polar surface area (TPSA) is 64.1 Å². The third-order valence-corrected chi connectivity index (χ3v) is 6.56. The molecule has 3 rings (SSSR count). The Morgan fingerprint density at radius 3 is 1.97 bits per heavy atom. The number of Topliss-reactive ketones (excluding diaryl/α,β-unsaturated/α-hetero) is 1. The van der Waals surface area contributed by atoms with Gasteiger partial charge in [0.25, 0.3) is 0 Å². The minimum Gasteiger partial charge on any atom is -0.478 e. The van der Waals surface area contributed by atoms with Crippen molar-refractivity contribution in [2.24, 2.45) is 0 Å². The SMILES string of the molecule is CCC(Cc1ccc(C(=O)O)cc1)(C(=O)c1ccc(N2CCN(C)CC2)cc1)N(C)C. The molecule has 0 aliphatic carbocycles. The van der Waals surface area contributed by atoms with Crippen LogP contribution in [0.2, 0.25) is 0 Å².